The molecule has 0 saturated heterocycles. The molecule has 0 bridgehead atoms. The first-order valence-electron chi connectivity index (χ1n) is 4.35. The molecule has 0 radical (unpaired) electrons. The van der Waals surface area contributed by atoms with Crippen LogP contribution in [0.15, 0.2) is 28.3 Å². The van der Waals surface area contributed by atoms with Crippen LogP contribution in [0.2, 0.25) is 0 Å². The summed E-state index contributed by atoms with van der Waals surface area (Å²) in [6.45, 7) is 0. The van der Waals surface area contributed by atoms with Crippen molar-refractivity contribution >= 4 is 18.0 Å². The number of halogens is 1. The first-order valence-corrected chi connectivity index (χ1v) is 5.17. The zero-order chi connectivity index (χ0) is 11.5. The van der Waals surface area contributed by atoms with Crippen molar-refractivity contribution in [2.75, 3.05) is 0 Å². The lowest BCUT2D eigenvalue weighted by molar-refractivity contribution is 0.112. The van der Waals surface area contributed by atoms with Gasteiger partial charge in [0.15, 0.2) is 6.29 Å². The molecule has 2 rings (SSSR count). The van der Waals surface area contributed by atoms with Crippen molar-refractivity contribution in [3.8, 4) is 0 Å². The maximum atomic E-state index is 12.9. The number of rotatable bonds is 3. The van der Waals surface area contributed by atoms with E-state index in [1.807, 2.05) is 0 Å². The Morgan fingerprint density at radius 3 is 2.94 bits per heavy atom. The van der Waals surface area contributed by atoms with Crippen molar-refractivity contribution in [3.05, 3.63) is 29.6 Å². The summed E-state index contributed by atoms with van der Waals surface area (Å²) in [4.78, 5) is 11.4. The third kappa shape index (κ3) is 2.08. The van der Waals surface area contributed by atoms with Gasteiger partial charge in [0.05, 0.1) is 0 Å². The second kappa shape index (κ2) is 4.40. The number of carbonyl (C=O) groups excluding carboxylic acids is 1. The quantitative estimate of drug-likeness (QED) is 0.754. The van der Waals surface area contributed by atoms with Crippen molar-refractivity contribution in [2.24, 2.45) is 7.05 Å². The maximum absolute atomic E-state index is 12.9. The largest absolute Gasteiger partial charge is 0.298 e. The zero-order valence-electron chi connectivity index (χ0n) is 8.29. The molecule has 0 N–H and O–H groups in total. The molecule has 0 aliphatic carbocycles. The molecular formula is C9H7FN4OS. The van der Waals surface area contributed by atoms with E-state index in [0.29, 0.717) is 16.3 Å². The lowest BCUT2D eigenvalue weighted by atomic mass is 10.2. The second-order valence-electron chi connectivity index (χ2n) is 2.99. The summed E-state index contributed by atoms with van der Waals surface area (Å²) in [6, 6.07) is 4.00. The number of hydrogen-bond acceptors (Lipinski definition) is 5. The van der Waals surface area contributed by atoms with E-state index in [1.165, 1.54) is 34.6 Å². The van der Waals surface area contributed by atoms with E-state index in [0.717, 1.165) is 0 Å². The number of aldehydes is 1. The standard InChI is InChI=1S/C9H7FN4OS/c1-14-9(11-12-13-14)16-8-3-2-7(10)4-6(8)5-15/h2-5H,1H3. The lowest BCUT2D eigenvalue weighted by Crippen LogP contribution is -1.94. The summed E-state index contributed by atoms with van der Waals surface area (Å²) >= 11 is 1.21. The highest BCUT2D eigenvalue weighted by Gasteiger charge is 2.09. The molecule has 16 heavy (non-hydrogen) atoms. The molecular weight excluding hydrogens is 231 g/mol. The summed E-state index contributed by atoms with van der Waals surface area (Å²) in [5, 5.41) is 11.4. The van der Waals surface area contributed by atoms with Gasteiger partial charge in [0.2, 0.25) is 5.16 Å². The van der Waals surface area contributed by atoms with Gasteiger partial charge >= 0.3 is 0 Å². The predicted octanol–water partition coefficient (Wildman–Crippen LogP) is 1.31. The molecule has 7 heteroatoms. The Hall–Kier alpha value is -1.76. The predicted molar refractivity (Wildman–Crippen MR) is 54.7 cm³/mol. The molecule has 2 aromatic rings. The van der Waals surface area contributed by atoms with E-state index in [4.69, 9.17) is 0 Å². The highest BCUT2D eigenvalue weighted by molar-refractivity contribution is 7.99. The number of hydrogen-bond donors (Lipinski definition) is 0. The number of nitrogens with zero attached hydrogens (tertiary/aromatic N) is 4. The summed E-state index contributed by atoms with van der Waals surface area (Å²) in [5.74, 6) is -0.442. The number of aryl methyl sites for hydroxylation is 1. The minimum Gasteiger partial charge on any atom is -0.298 e. The number of tetrazole rings is 1. The normalized spacial score (nSPS) is 10.4. The Bertz CT molecular complexity index is 528. The van der Waals surface area contributed by atoms with Crippen LogP contribution in [0.5, 0.6) is 0 Å². The number of carbonyl (C=O) groups is 1. The van der Waals surface area contributed by atoms with Gasteiger partial charge in [-0.1, -0.05) is 0 Å². The topological polar surface area (TPSA) is 60.7 Å². The molecule has 0 fully saturated rings. The first kappa shape index (κ1) is 10.7. The van der Waals surface area contributed by atoms with Crippen LogP contribution < -0.4 is 0 Å². The van der Waals surface area contributed by atoms with Gasteiger partial charge in [0.1, 0.15) is 5.82 Å². The highest BCUT2D eigenvalue weighted by Crippen LogP contribution is 2.27. The van der Waals surface area contributed by atoms with E-state index in [-0.39, 0.29) is 5.56 Å². The van der Waals surface area contributed by atoms with Crippen LogP contribution in [0.1, 0.15) is 10.4 Å². The Balaban J connectivity index is 2.34. The van der Waals surface area contributed by atoms with Crippen LogP contribution in [0.3, 0.4) is 0 Å². The minimum absolute atomic E-state index is 0.285. The van der Waals surface area contributed by atoms with E-state index in [9.17, 15) is 9.18 Å². The zero-order valence-corrected chi connectivity index (χ0v) is 9.11. The number of aromatic nitrogens is 4. The van der Waals surface area contributed by atoms with Gasteiger partial charge in [-0.25, -0.2) is 9.07 Å². The Labute approximate surface area is 94.7 Å². The van der Waals surface area contributed by atoms with Crippen molar-refractivity contribution < 1.29 is 9.18 Å². The van der Waals surface area contributed by atoms with Crippen LogP contribution >= 0.6 is 11.8 Å². The van der Waals surface area contributed by atoms with Gasteiger partial charge in [0, 0.05) is 17.5 Å². The molecule has 82 valence electrons. The van der Waals surface area contributed by atoms with Gasteiger partial charge in [-0.05, 0) is 40.4 Å². The molecule has 0 amide bonds. The molecule has 1 heterocycles. The second-order valence-corrected chi connectivity index (χ2v) is 4.00. The fourth-order valence-corrected chi connectivity index (χ4v) is 1.91. The van der Waals surface area contributed by atoms with Gasteiger partial charge in [-0.3, -0.25) is 4.79 Å². The van der Waals surface area contributed by atoms with E-state index < -0.39 is 5.82 Å². The van der Waals surface area contributed by atoms with Gasteiger partial charge < -0.3 is 0 Å². The molecule has 0 atom stereocenters. The summed E-state index contributed by atoms with van der Waals surface area (Å²) < 4.78 is 14.4. The van der Waals surface area contributed by atoms with E-state index in [2.05, 4.69) is 15.5 Å². The van der Waals surface area contributed by atoms with Crippen LogP contribution in [0, 0.1) is 5.82 Å². The van der Waals surface area contributed by atoms with Crippen molar-refractivity contribution in [3.63, 3.8) is 0 Å². The van der Waals surface area contributed by atoms with Crippen LogP contribution in [0.25, 0.3) is 0 Å². The van der Waals surface area contributed by atoms with Gasteiger partial charge in [-0.2, -0.15) is 0 Å². The van der Waals surface area contributed by atoms with Gasteiger partial charge in [-0.15, -0.1) is 5.10 Å². The summed E-state index contributed by atoms with van der Waals surface area (Å²) in [5.41, 5.74) is 0.285. The molecule has 0 aliphatic rings. The molecule has 0 spiro atoms. The van der Waals surface area contributed by atoms with Gasteiger partial charge in [0.25, 0.3) is 0 Å². The SMILES string of the molecule is Cn1nnnc1Sc1ccc(F)cc1C=O. The fourth-order valence-electron chi connectivity index (χ4n) is 1.11. The average molecular weight is 238 g/mol. The third-order valence-electron chi connectivity index (χ3n) is 1.88. The highest BCUT2D eigenvalue weighted by atomic mass is 32.2. The Morgan fingerprint density at radius 2 is 2.31 bits per heavy atom. The van der Waals surface area contributed by atoms with Crippen LogP contribution in [-0.2, 0) is 7.05 Å². The monoisotopic (exact) mass is 238 g/mol. The Morgan fingerprint density at radius 1 is 1.50 bits per heavy atom. The first-order chi connectivity index (χ1) is 7.70. The molecule has 0 aliphatic heterocycles. The van der Waals surface area contributed by atoms with Crippen molar-refractivity contribution in [1.82, 2.24) is 20.2 Å². The molecule has 1 aromatic carbocycles. The van der Waals surface area contributed by atoms with Crippen molar-refractivity contribution in [2.45, 2.75) is 10.1 Å². The van der Waals surface area contributed by atoms with E-state index in [1.54, 1.807) is 7.05 Å². The lowest BCUT2D eigenvalue weighted by Gasteiger charge is -2.02. The number of benzene rings is 1. The summed E-state index contributed by atoms with van der Waals surface area (Å²) in [7, 11) is 1.69. The third-order valence-corrected chi connectivity index (χ3v) is 3.00. The molecule has 5 nitrogen and oxygen atoms in total. The maximum Gasteiger partial charge on any atom is 0.213 e. The molecule has 0 unspecified atom stereocenters. The average Bonchev–Trinajstić information content (AvgIpc) is 2.67. The molecule has 0 saturated carbocycles. The van der Waals surface area contributed by atoms with Crippen LogP contribution in [-0.4, -0.2) is 26.5 Å². The smallest absolute Gasteiger partial charge is 0.213 e. The fraction of sp³-hybridized carbons (Fsp3) is 0.111. The molecule has 1 aromatic heterocycles. The van der Waals surface area contributed by atoms with E-state index >= 15 is 0 Å². The minimum atomic E-state index is -0.442. The van der Waals surface area contributed by atoms with Crippen LogP contribution in [0.4, 0.5) is 4.39 Å². The Kier molecular flexibility index (Phi) is 2.95. The van der Waals surface area contributed by atoms with Crippen molar-refractivity contribution in [1.29, 1.82) is 0 Å². The summed E-state index contributed by atoms with van der Waals surface area (Å²) in [6.07, 6.45) is 0.606.